The van der Waals surface area contributed by atoms with Gasteiger partial charge in [0.25, 0.3) is 0 Å². The van der Waals surface area contributed by atoms with E-state index in [1.165, 1.54) is 0 Å². The van der Waals surface area contributed by atoms with E-state index in [1.54, 1.807) is 28.3 Å². The lowest BCUT2D eigenvalue weighted by Crippen LogP contribution is -2.45. The maximum absolute atomic E-state index is 12.7. The predicted molar refractivity (Wildman–Crippen MR) is 104 cm³/mol. The Labute approximate surface area is 163 Å². The molecule has 1 N–H and O–H groups in total. The third-order valence-electron chi connectivity index (χ3n) is 4.67. The fourth-order valence-electron chi connectivity index (χ4n) is 3.23. The van der Waals surface area contributed by atoms with Gasteiger partial charge in [0, 0.05) is 25.0 Å². The highest BCUT2D eigenvalue weighted by molar-refractivity contribution is 5.89. The molecule has 1 aliphatic rings. The van der Waals surface area contributed by atoms with Crippen LogP contribution in [0.3, 0.4) is 0 Å². The molecule has 8 nitrogen and oxygen atoms in total. The fraction of sp³-hybridized carbons (Fsp3) is 0.300. The molecule has 0 unspecified atom stereocenters. The number of benzene rings is 1. The number of piperidine rings is 1. The predicted octanol–water partition coefficient (Wildman–Crippen LogP) is 2.88. The summed E-state index contributed by atoms with van der Waals surface area (Å²) in [6.07, 6.45) is 6.88. The molecule has 144 valence electrons. The molecule has 0 radical (unpaired) electrons. The zero-order valence-electron chi connectivity index (χ0n) is 15.4. The van der Waals surface area contributed by atoms with Gasteiger partial charge in [-0.2, -0.15) is 0 Å². The zero-order valence-corrected chi connectivity index (χ0v) is 15.4. The molecule has 0 aliphatic carbocycles. The Morgan fingerprint density at radius 3 is 2.89 bits per heavy atom. The van der Waals surface area contributed by atoms with Crippen LogP contribution in [0.1, 0.15) is 18.5 Å². The Morgan fingerprint density at radius 2 is 2.07 bits per heavy atom. The van der Waals surface area contributed by atoms with E-state index in [0.717, 1.165) is 36.5 Å². The third kappa shape index (κ3) is 4.52. The van der Waals surface area contributed by atoms with E-state index >= 15 is 0 Å². The van der Waals surface area contributed by atoms with Crippen molar-refractivity contribution in [1.29, 1.82) is 0 Å². The molecular formula is C20H22N6O2. The number of aromatic nitrogens is 4. The van der Waals surface area contributed by atoms with Gasteiger partial charge in [0.15, 0.2) is 0 Å². The van der Waals surface area contributed by atoms with E-state index in [0.29, 0.717) is 13.2 Å². The van der Waals surface area contributed by atoms with E-state index in [4.69, 9.17) is 4.74 Å². The van der Waals surface area contributed by atoms with Crippen LogP contribution in [0.4, 0.5) is 10.5 Å². The molecule has 2 aromatic heterocycles. The summed E-state index contributed by atoms with van der Waals surface area (Å²) < 4.78 is 7.76. The Morgan fingerprint density at radius 1 is 1.18 bits per heavy atom. The molecule has 1 aromatic carbocycles. The molecule has 4 rings (SSSR count). The molecule has 1 aliphatic heterocycles. The summed E-state index contributed by atoms with van der Waals surface area (Å²) in [4.78, 5) is 18.8. The zero-order chi connectivity index (χ0) is 19.2. The van der Waals surface area contributed by atoms with E-state index in [-0.39, 0.29) is 12.1 Å². The first-order valence-corrected chi connectivity index (χ1v) is 9.30. The quantitative estimate of drug-likeness (QED) is 0.738. The van der Waals surface area contributed by atoms with Crippen LogP contribution in [0, 0.1) is 0 Å². The van der Waals surface area contributed by atoms with Crippen molar-refractivity contribution in [1.82, 2.24) is 24.6 Å². The summed E-state index contributed by atoms with van der Waals surface area (Å²) in [6, 6.07) is 13.2. The number of ether oxygens (including phenoxy) is 1. The van der Waals surface area contributed by atoms with Gasteiger partial charge < -0.3 is 15.0 Å². The highest BCUT2D eigenvalue weighted by Gasteiger charge is 2.24. The summed E-state index contributed by atoms with van der Waals surface area (Å²) in [5.74, 6) is 0. The van der Waals surface area contributed by atoms with Gasteiger partial charge in [0.2, 0.25) is 0 Å². The summed E-state index contributed by atoms with van der Waals surface area (Å²) >= 11 is 0. The Kier molecular flexibility index (Phi) is 5.58. The molecule has 0 bridgehead atoms. The van der Waals surface area contributed by atoms with Crippen LogP contribution in [-0.2, 0) is 11.3 Å². The minimum atomic E-state index is -0.118. The van der Waals surface area contributed by atoms with Crippen molar-refractivity contribution in [3.63, 3.8) is 0 Å². The molecule has 1 fully saturated rings. The highest BCUT2D eigenvalue weighted by Crippen LogP contribution is 2.18. The van der Waals surface area contributed by atoms with Crippen LogP contribution in [0.25, 0.3) is 5.69 Å². The molecule has 3 heterocycles. The van der Waals surface area contributed by atoms with Crippen LogP contribution in [0.5, 0.6) is 0 Å². The minimum absolute atomic E-state index is 0.0184. The second-order valence-electron chi connectivity index (χ2n) is 6.69. The van der Waals surface area contributed by atoms with Gasteiger partial charge in [-0.05, 0) is 43.2 Å². The van der Waals surface area contributed by atoms with E-state index in [9.17, 15) is 4.79 Å². The number of nitrogens with zero attached hydrogens (tertiary/aromatic N) is 5. The number of urea groups is 1. The monoisotopic (exact) mass is 378 g/mol. The number of hydrogen-bond donors (Lipinski definition) is 1. The average molecular weight is 378 g/mol. The Balaban J connectivity index is 1.33. The molecular weight excluding hydrogens is 356 g/mol. The molecule has 8 heteroatoms. The number of hydrogen-bond acceptors (Lipinski definition) is 5. The second kappa shape index (κ2) is 8.62. The first-order chi connectivity index (χ1) is 13.8. The number of amides is 2. The first kappa shape index (κ1) is 18.1. The van der Waals surface area contributed by atoms with Crippen molar-refractivity contribution < 1.29 is 9.53 Å². The van der Waals surface area contributed by atoms with Crippen LogP contribution >= 0.6 is 0 Å². The lowest BCUT2D eigenvalue weighted by Gasteiger charge is -2.32. The van der Waals surface area contributed by atoms with Gasteiger partial charge in [-0.15, -0.1) is 10.2 Å². The molecule has 1 saturated heterocycles. The average Bonchev–Trinajstić information content (AvgIpc) is 3.28. The van der Waals surface area contributed by atoms with Gasteiger partial charge in [-0.1, -0.05) is 12.1 Å². The maximum Gasteiger partial charge on any atom is 0.321 e. The summed E-state index contributed by atoms with van der Waals surface area (Å²) in [7, 11) is 0. The van der Waals surface area contributed by atoms with Crippen molar-refractivity contribution in [2.24, 2.45) is 0 Å². The van der Waals surface area contributed by atoms with Crippen molar-refractivity contribution >= 4 is 11.7 Å². The van der Waals surface area contributed by atoms with E-state index < -0.39 is 0 Å². The second-order valence-corrected chi connectivity index (χ2v) is 6.69. The number of carbonyl (C=O) groups is 1. The van der Waals surface area contributed by atoms with Crippen LogP contribution in [0.2, 0.25) is 0 Å². The topological polar surface area (TPSA) is 85.2 Å². The first-order valence-electron chi connectivity index (χ1n) is 9.30. The smallest absolute Gasteiger partial charge is 0.321 e. The maximum atomic E-state index is 12.7. The van der Waals surface area contributed by atoms with Crippen LogP contribution in [-0.4, -0.2) is 49.9 Å². The van der Waals surface area contributed by atoms with Gasteiger partial charge in [-0.25, -0.2) is 4.79 Å². The largest absolute Gasteiger partial charge is 0.370 e. The van der Waals surface area contributed by atoms with E-state index in [1.807, 2.05) is 42.5 Å². The van der Waals surface area contributed by atoms with Gasteiger partial charge in [0.05, 0.1) is 24.1 Å². The van der Waals surface area contributed by atoms with Crippen molar-refractivity contribution in [2.75, 3.05) is 18.4 Å². The highest BCUT2D eigenvalue weighted by atomic mass is 16.5. The summed E-state index contributed by atoms with van der Waals surface area (Å²) in [5.41, 5.74) is 2.51. The van der Waals surface area contributed by atoms with Crippen LogP contribution in [0.15, 0.2) is 61.3 Å². The standard InChI is InChI=1S/C20H22N6O2/c27-20(24-16-6-3-7-18(11-16)26-14-22-23-15-26)25-10-4-8-19(12-25)28-13-17-5-1-2-9-21-17/h1-3,5-7,9,11,14-15,19H,4,8,10,12-13H2,(H,24,27)/t19-/m1/s1. The molecule has 3 aromatic rings. The summed E-state index contributed by atoms with van der Waals surface area (Å²) in [5, 5.41) is 10.6. The number of anilines is 1. The number of carbonyl (C=O) groups excluding carboxylic acids is 1. The van der Waals surface area contributed by atoms with Crippen molar-refractivity contribution in [3.8, 4) is 5.69 Å². The molecule has 2 amide bonds. The van der Waals surface area contributed by atoms with E-state index in [2.05, 4.69) is 20.5 Å². The normalized spacial score (nSPS) is 16.7. The van der Waals surface area contributed by atoms with Crippen molar-refractivity contribution in [2.45, 2.75) is 25.6 Å². The summed E-state index contributed by atoms with van der Waals surface area (Å²) in [6.45, 7) is 1.76. The molecule has 28 heavy (non-hydrogen) atoms. The van der Waals surface area contributed by atoms with Crippen molar-refractivity contribution in [3.05, 3.63) is 67.0 Å². The Hall–Kier alpha value is -3.26. The number of likely N-dealkylation sites (tertiary alicyclic amines) is 1. The molecule has 0 spiro atoms. The lowest BCUT2D eigenvalue weighted by atomic mass is 10.1. The van der Waals surface area contributed by atoms with Gasteiger partial charge in [-0.3, -0.25) is 9.55 Å². The van der Waals surface area contributed by atoms with Crippen LogP contribution < -0.4 is 5.32 Å². The number of pyridine rings is 1. The number of rotatable bonds is 5. The Bertz CT molecular complexity index is 900. The van der Waals surface area contributed by atoms with Gasteiger partial charge in [0.1, 0.15) is 12.7 Å². The fourth-order valence-corrected chi connectivity index (χ4v) is 3.23. The van der Waals surface area contributed by atoms with Gasteiger partial charge >= 0.3 is 6.03 Å². The third-order valence-corrected chi connectivity index (χ3v) is 4.67. The molecule has 0 saturated carbocycles. The lowest BCUT2D eigenvalue weighted by molar-refractivity contribution is -0.000325. The molecule has 1 atom stereocenters. The number of nitrogens with one attached hydrogen (secondary N) is 1. The SMILES string of the molecule is O=C(Nc1cccc(-n2cnnc2)c1)N1CCC[C@@H](OCc2ccccn2)C1. The minimum Gasteiger partial charge on any atom is -0.370 e.